The molecule has 1 aliphatic heterocycles. The molecule has 0 unspecified atom stereocenters. The SMILES string of the molecule is CCNC(=O)C1(CNc2nc3c(s2)CN(C(=O)c2cc4ccccc4[nH]2)CC3)CCC1. The summed E-state index contributed by atoms with van der Waals surface area (Å²) >= 11 is 1.60. The standard InChI is InChI=1S/C23H27N5O2S/c1-2-24-21(30)23(9-5-10-23)14-25-22-27-17-8-11-28(13-19(17)31-22)20(29)18-12-15-6-3-4-7-16(15)26-18/h3-4,6-7,12,26H,2,5,8-11,13-14H2,1H3,(H,24,30)(H,25,27). The van der Waals surface area contributed by atoms with Crippen LogP contribution in [0, 0.1) is 5.41 Å². The predicted molar refractivity (Wildman–Crippen MR) is 122 cm³/mol. The number of hydrogen-bond acceptors (Lipinski definition) is 5. The highest BCUT2D eigenvalue weighted by Crippen LogP contribution is 2.41. The number of thiazole rings is 1. The van der Waals surface area contributed by atoms with Crippen LogP contribution in [0.1, 0.15) is 47.2 Å². The smallest absolute Gasteiger partial charge is 0.270 e. The van der Waals surface area contributed by atoms with Gasteiger partial charge in [0.2, 0.25) is 5.91 Å². The molecule has 3 heterocycles. The first kappa shape index (κ1) is 20.1. The Labute approximate surface area is 185 Å². The van der Waals surface area contributed by atoms with Crippen LogP contribution in [-0.4, -0.2) is 46.3 Å². The van der Waals surface area contributed by atoms with Gasteiger partial charge >= 0.3 is 0 Å². The molecule has 7 nitrogen and oxygen atoms in total. The van der Waals surface area contributed by atoms with Crippen LogP contribution in [0.4, 0.5) is 5.13 Å². The van der Waals surface area contributed by atoms with Gasteiger partial charge in [0.25, 0.3) is 5.91 Å². The highest BCUT2D eigenvalue weighted by molar-refractivity contribution is 7.15. The first-order valence-corrected chi connectivity index (χ1v) is 11.8. The number of aromatic amines is 1. The van der Waals surface area contributed by atoms with Gasteiger partial charge in [-0.05, 0) is 31.9 Å². The fourth-order valence-electron chi connectivity index (χ4n) is 4.48. The Balaban J connectivity index is 1.26. The third-order valence-corrected chi connectivity index (χ3v) is 7.53. The molecule has 1 fully saturated rings. The third kappa shape index (κ3) is 3.69. The quantitative estimate of drug-likeness (QED) is 0.550. The number of anilines is 1. The number of rotatable bonds is 6. The van der Waals surface area contributed by atoms with E-state index in [0.717, 1.165) is 52.3 Å². The summed E-state index contributed by atoms with van der Waals surface area (Å²) in [6.45, 7) is 4.46. The molecule has 0 saturated heterocycles. The minimum atomic E-state index is -0.306. The average molecular weight is 438 g/mol. The second-order valence-corrected chi connectivity index (χ2v) is 9.57. The van der Waals surface area contributed by atoms with Crippen LogP contribution >= 0.6 is 11.3 Å². The molecule has 2 aromatic heterocycles. The Kier molecular flexibility index (Phi) is 5.17. The summed E-state index contributed by atoms with van der Waals surface area (Å²) < 4.78 is 0. The summed E-state index contributed by atoms with van der Waals surface area (Å²) in [6.07, 6.45) is 3.69. The van der Waals surface area contributed by atoms with Crippen molar-refractivity contribution in [2.24, 2.45) is 5.41 Å². The molecule has 1 saturated carbocycles. The zero-order chi connectivity index (χ0) is 21.4. The highest BCUT2D eigenvalue weighted by atomic mass is 32.1. The van der Waals surface area contributed by atoms with E-state index in [0.29, 0.717) is 31.9 Å². The molecule has 1 aliphatic carbocycles. The van der Waals surface area contributed by atoms with Crippen LogP contribution in [0.5, 0.6) is 0 Å². The van der Waals surface area contributed by atoms with Gasteiger partial charge in [0.15, 0.2) is 5.13 Å². The number of amides is 2. The summed E-state index contributed by atoms with van der Waals surface area (Å²) in [4.78, 5) is 36.5. The number of fused-ring (bicyclic) bond motifs is 2. The van der Waals surface area contributed by atoms with Crippen molar-refractivity contribution in [1.82, 2.24) is 20.2 Å². The van der Waals surface area contributed by atoms with Crippen LogP contribution in [0.3, 0.4) is 0 Å². The molecule has 3 aromatic rings. The van der Waals surface area contributed by atoms with Crippen molar-refractivity contribution in [2.45, 2.75) is 39.2 Å². The minimum Gasteiger partial charge on any atom is -0.360 e. The van der Waals surface area contributed by atoms with Gasteiger partial charge in [-0.15, -0.1) is 0 Å². The molecule has 2 aliphatic rings. The van der Waals surface area contributed by atoms with Crippen LogP contribution in [0.2, 0.25) is 0 Å². The lowest BCUT2D eigenvalue weighted by Crippen LogP contribution is -2.49. The normalized spacial score (nSPS) is 17.1. The lowest BCUT2D eigenvalue weighted by molar-refractivity contribution is -0.134. The fraction of sp³-hybridized carbons (Fsp3) is 0.435. The lowest BCUT2D eigenvalue weighted by atomic mass is 9.68. The molecule has 0 bridgehead atoms. The molecular formula is C23H27N5O2S. The van der Waals surface area contributed by atoms with E-state index in [-0.39, 0.29) is 17.2 Å². The molecule has 0 radical (unpaired) electrons. The number of H-pyrrole nitrogens is 1. The van der Waals surface area contributed by atoms with Gasteiger partial charge in [-0.3, -0.25) is 9.59 Å². The lowest BCUT2D eigenvalue weighted by Gasteiger charge is -2.40. The molecule has 0 spiro atoms. The number of nitrogens with one attached hydrogen (secondary N) is 3. The second kappa shape index (κ2) is 8.00. The summed E-state index contributed by atoms with van der Waals surface area (Å²) in [7, 11) is 0. The number of benzene rings is 1. The fourth-order valence-corrected chi connectivity index (χ4v) is 5.50. The van der Waals surface area contributed by atoms with E-state index in [1.165, 1.54) is 0 Å². The number of para-hydroxylation sites is 1. The van der Waals surface area contributed by atoms with E-state index in [9.17, 15) is 9.59 Å². The van der Waals surface area contributed by atoms with Gasteiger partial charge in [0.1, 0.15) is 5.69 Å². The zero-order valence-corrected chi connectivity index (χ0v) is 18.5. The van der Waals surface area contributed by atoms with Gasteiger partial charge in [-0.2, -0.15) is 0 Å². The molecular weight excluding hydrogens is 410 g/mol. The number of nitrogens with zero attached hydrogens (tertiary/aromatic N) is 2. The zero-order valence-electron chi connectivity index (χ0n) is 17.7. The molecule has 3 N–H and O–H groups in total. The Morgan fingerprint density at radius 3 is 2.87 bits per heavy atom. The summed E-state index contributed by atoms with van der Waals surface area (Å²) in [5.41, 5.74) is 2.36. The van der Waals surface area contributed by atoms with Crippen molar-refractivity contribution in [2.75, 3.05) is 25.0 Å². The maximum absolute atomic E-state index is 13.0. The Morgan fingerprint density at radius 2 is 2.13 bits per heavy atom. The van der Waals surface area contributed by atoms with Gasteiger partial charge < -0.3 is 20.5 Å². The molecule has 2 amide bonds. The van der Waals surface area contributed by atoms with Crippen LogP contribution in [0.15, 0.2) is 30.3 Å². The summed E-state index contributed by atoms with van der Waals surface area (Å²) in [5, 5.41) is 8.28. The molecule has 162 valence electrons. The van der Waals surface area contributed by atoms with E-state index in [4.69, 9.17) is 4.98 Å². The number of aromatic nitrogens is 2. The largest absolute Gasteiger partial charge is 0.360 e. The molecule has 8 heteroatoms. The highest BCUT2D eigenvalue weighted by Gasteiger charge is 2.43. The summed E-state index contributed by atoms with van der Waals surface area (Å²) in [6, 6.07) is 9.85. The average Bonchev–Trinajstić information content (AvgIpc) is 3.35. The number of hydrogen-bond donors (Lipinski definition) is 3. The monoisotopic (exact) mass is 437 g/mol. The minimum absolute atomic E-state index is 0.0226. The molecule has 0 atom stereocenters. The number of carbonyl (C=O) groups excluding carboxylic acids is 2. The molecule has 31 heavy (non-hydrogen) atoms. The van der Waals surface area contributed by atoms with Crippen molar-refractivity contribution >= 4 is 39.2 Å². The van der Waals surface area contributed by atoms with Gasteiger partial charge in [0.05, 0.1) is 17.7 Å². The first-order valence-electron chi connectivity index (χ1n) is 11.0. The molecule has 1 aromatic carbocycles. The second-order valence-electron chi connectivity index (χ2n) is 8.48. The van der Waals surface area contributed by atoms with Crippen molar-refractivity contribution in [3.05, 3.63) is 46.6 Å². The first-order chi connectivity index (χ1) is 15.1. The van der Waals surface area contributed by atoms with Crippen molar-refractivity contribution < 1.29 is 9.59 Å². The number of carbonyl (C=O) groups is 2. The van der Waals surface area contributed by atoms with Crippen LogP contribution < -0.4 is 10.6 Å². The van der Waals surface area contributed by atoms with Crippen molar-refractivity contribution in [3.8, 4) is 0 Å². The van der Waals surface area contributed by atoms with E-state index in [2.05, 4.69) is 15.6 Å². The van der Waals surface area contributed by atoms with Crippen LogP contribution in [-0.2, 0) is 17.8 Å². The van der Waals surface area contributed by atoms with Gasteiger partial charge in [0, 0.05) is 41.8 Å². The Hall–Kier alpha value is -2.87. The van der Waals surface area contributed by atoms with E-state index in [1.807, 2.05) is 42.2 Å². The van der Waals surface area contributed by atoms with E-state index >= 15 is 0 Å². The van der Waals surface area contributed by atoms with Crippen LogP contribution in [0.25, 0.3) is 10.9 Å². The predicted octanol–water partition coefficient (Wildman–Crippen LogP) is 3.54. The summed E-state index contributed by atoms with van der Waals surface area (Å²) in [5.74, 6) is 0.166. The topological polar surface area (TPSA) is 90.1 Å². The van der Waals surface area contributed by atoms with Crippen molar-refractivity contribution in [1.29, 1.82) is 0 Å². The van der Waals surface area contributed by atoms with E-state index in [1.54, 1.807) is 11.3 Å². The van der Waals surface area contributed by atoms with Gasteiger partial charge in [-0.1, -0.05) is 36.0 Å². The van der Waals surface area contributed by atoms with Gasteiger partial charge in [-0.25, -0.2) is 4.98 Å². The Bertz CT molecular complexity index is 1100. The molecule has 5 rings (SSSR count). The Morgan fingerprint density at radius 1 is 1.29 bits per heavy atom. The maximum atomic E-state index is 13.0. The maximum Gasteiger partial charge on any atom is 0.270 e. The van der Waals surface area contributed by atoms with Crippen molar-refractivity contribution in [3.63, 3.8) is 0 Å². The third-order valence-electron chi connectivity index (χ3n) is 6.49. The van der Waals surface area contributed by atoms with E-state index < -0.39 is 0 Å².